The van der Waals surface area contributed by atoms with Gasteiger partial charge in [0.15, 0.2) is 0 Å². The van der Waals surface area contributed by atoms with Crippen molar-refractivity contribution in [2.45, 2.75) is 63.7 Å². The summed E-state index contributed by atoms with van der Waals surface area (Å²) >= 11 is 0. The number of hydrogen-bond acceptors (Lipinski definition) is 6. The van der Waals surface area contributed by atoms with Crippen molar-refractivity contribution in [2.24, 2.45) is 11.7 Å². The van der Waals surface area contributed by atoms with Crippen molar-refractivity contribution in [3.05, 3.63) is 35.9 Å². The number of aliphatic hydroxyl groups excluding tert-OH is 1. The Morgan fingerprint density at radius 1 is 1.12 bits per heavy atom. The lowest BCUT2D eigenvalue weighted by Gasteiger charge is -2.30. The highest BCUT2D eigenvalue weighted by molar-refractivity contribution is 5.94. The first-order chi connectivity index (χ1) is 15.6. The van der Waals surface area contributed by atoms with Gasteiger partial charge in [-0.2, -0.15) is 0 Å². The molecule has 1 fully saturated rings. The monoisotopic (exact) mass is 462 g/mol. The summed E-state index contributed by atoms with van der Waals surface area (Å²) in [5.41, 5.74) is 6.98. The quantitative estimate of drug-likeness (QED) is 0.300. The molecule has 182 valence electrons. The summed E-state index contributed by atoms with van der Waals surface area (Å²) in [7, 11) is 0. The largest absolute Gasteiger partial charge is 0.480 e. The number of nitrogens with one attached hydrogen (secondary N) is 2. The molecule has 0 saturated carbocycles. The highest BCUT2D eigenvalue weighted by Gasteiger charge is 2.39. The Morgan fingerprint density at radius 3 is 2.36 bits per heavy atom. The molecular formula is C23H34N4O6. The van der Waals surface area contributed by atoms with Crippen LogP contribution in [0.5, 0.6) is 0 Å². The van der Waals surface area contributed by atoms with Crippen LogP contribution in [0.25, 0.3) is 0 Å². The zero-order chi connectivity index (χ0) is 24.5. The predicted octanol–water partition coefficient (Wildman–Crippen LogP) is -0.360. The Morgan fingerprint density at radius 2 is 1.79 bits per heavy atom. The van der Waals surface area contributed by atoms with Gasteiger partial charge in [-0.05, 0) is 37.2 Å². The van der Waals surface area contributed by atoms with Crippen LogP contribution >= 0.6 is 0 Å². The molecule has 4 atom stereocenters. The number of aliphatic carboxylic acids is 1. The number of aliphatic hydroxyl groups is 1. The molecule has 1 aromatic carbocycles. The lowest BCUT2D eigenvalue weighted by Crippen LogP contribution is -2.57. The van der Waals surface area contributed by atoms with Gasteiger partial charge in [-0.25, -0.2) is 4.79 Å². The van der Waals surface area contributed by atoms with E-state index in [2.05, 4.69) is 10.6 Å². The molecule has 1 aromatic rings. The molecule has 1 aliphatic rings. The number of carboxylic acids is 1. The Labute approximate surface area is 193 Å². The van der Waals surface area contributed by atoms with Gasteiger partial charge in [-0.1, -0.05) is 44.2 Å². The highest BCUT2D eigenvalue weighted by Crippen LogP contribution is 2.21. The molecule has 1 saturated heterocycles. The van der Waals surface area contributed by atoms with Gasteiger partial charge in [0.05, 0.1) is 12.6 Å². The second kappa shape index (κ2) is 12.3. The van der Waals surface area contributed by atoms with E-state index in [0.717, 1.165) is 5.56 Å². The number of rotatable bonds is 11. The van der Waals surface area contributed by atoms with Crippen LogP contribution in [0, 0.1) is 5.92 Å². The first-order valence-corrected chi connectivity index (χ1v) is 11.2. The van der Waals surface area contributed by atoms with Crippen molar-refractivity contribution >= 4 is 23.7 Å². The van der Waals surface area contributed by atoms with Crippen molar-refractivity contribution in [1.82, 2.24) is 15.5 Å². The second-order valence-corrected chi connectivity index (χ2v) is 8.76. The van der Waals surface area contributed by atoms with Crippen LogP contribution in [0.2, 0.25) is 0 Å². The number of hydrogen-bond donors (Lipinski definition) is 5. The van der Waals surface area contributed by atoms with E-state index >= 15 is 0 Å². The molecule has 1 heterocycles. The van der Waals surface area contributed by atoms with Crippen LogP contribution in [-0.2, 0) is 25.6 Å². The molecule has 10 heteroatoms. The molecule has 6 N–H and O–H groups in total. The van der Waals surface area contributed by atoms with E-state index in [4.69, 9.17) is 10.8 Å². The lowest BCUT2D eigenvalue weighted by atomic mass is 10.0. The number of likely N-dealkylation sites (tertiary alicyclic amines) is 1. The minimum atomic E-state index is -1.45. The van der Waals surface area contributed by atoms with Crippen LogP contribution in [-0.4, -0.2) is 76.1 Å². The number of carbonyl (C=O) groups is 4. The average Bonchev–Trinajstić information content (AvgIpc) is 3.26. The minimum Gasteiger partial charge on any atom is -0.480 e. The Balaban J connectivity index is 2.09. The van der Waals surface area contributed by atoms with Gasteiger partial charge in [0.1, 0.15) is 18.1 Å². The minimum absolute atomic E-state index is 0.0882. The van der Waals surface area contributed by atoms with Crippen LogP contribution in [0.15, 0.2) is 30.3 Å². The summed E-state index contributed by atoms with van der Waals surface area (Å²) in [4.78, 5) is 51.2. The number of amides is 3. The molecular weight excluding hydrogens is 428 g/mol. The topological polar surface area (TPSA) is 162 Å². The fourth-order valence-electron chi connectivity index (χ4n) is 3.89. The number of nitrogens with two attached hydrogens (primary N) is 1. The fraction of sp³-hybridized carbons (Fsp3) is 0.565. The van der Waals surface area contributed by atoms with Crippen molar-refractivity contribution in [1.29, 1.82) is 0 Å². The number of carbonyl (C=O) groups excluding carboxylic acids is 3. The van der Waals surface area contributed by atoms with Gasteiger partial charge in [0.2, 0.25) is 17.7 Å². The summed E-state index contributed by atoms with van der Waals surface area (Å²) in [6.45, 7) is 3.40. The molecule has 1 aliphatic heterocycles. The van der Waals surface area contributed by atoms with Crippen molar-refractivity contribution < 1.29 is 29.4 Å². The van der Waals surface area contributed by atoms with Crippen molar-refractivity contribution in [2.75, 3.05) is 13.2 Å². The van der Waals surface area contributed by atoms with Gasteiger partial charge in [0, 0.05) is 6.54 Å². The van der Waals surface area contributed by atoms with E-state index in [1.165, 1.54) is 4.90 Å². The third kappa shape index (κ3) is 7.54. The maximum atomic E-state index is 13.3. The van der Waals surface area contributed by atoms with Crippen molar-refractivity contribution in [3.8, 4) is 0 Å². The Kier molecular flexibility index (Phi) is 9.80. The summed E-state index contributed by atoms with van der Waals surface area (Å²) in [5.74, 6) is -2.77. The molecule has 4 unspecified atom stereocenters. The molecule has 10 nitrogen and oxygen atoms in total. The maximum Gasteiger partial charge on any atom is 0.328 e. The lowest BCUT2D eigenvalue weighted by molar-refractivity contribution is -0.145. The average molecular weight is 463 g/mol. The Bertz CT molecular complexity index is 832. The fourth-order valence-corrected chi connectivity index (χ4v) is 3.89. The Hall–Kier alpha value is -2.98. The van der Waals surface area contributed by atoms with Gasteiger partial charge in [-0.15, -0.1) is 0 Å². The zero-order valence-electron chi connectivity index (χ0n) is 19.1. The summed E-state index contributed by atoms with van der Waals surface area (Å²) in [6.07, 6.45) is 1.62. The molecule has 0 spiro atoms. The maximum absolute atomic E-state index is 13.3. The molecule has 0 bridgehead atoms. The summed E-state index contributed by atoms with van der Waals surface area (Å²) < 4.78 is 0. The normalized spacial score (nSPS) is 18.5. The summed E-state index contributed by atoms with van der Waals surface area (Å²) in [5, 5.41) is 23.3. The van der Waals surface area contributed by atoms with Gasteiger partial charge < -0.3 is 31.5 Å². The molecule has 0 aromatic heterocycles. The van der Waals surface area contributed by atoms with Crippen LogP contribution in [0.1, 0.15) is 38.7 Å². The molecule has 0 radical (unpaired) electrons. The standard InChI is InChI=1S/C23H34N4O6/c1-14(2)11-17(25-20(29)16(24)12-15-7-4-3-5-8-15)22(31)27-10-6-9-19(27)21(30)26-18(13-28)23(32)33/h3-5,7-8,14,16-19,28H,6,9-13,24H2,1-2H3,(H,25,29)(H,26,30)(H,32,33). The number of carboxylic acid groups (broad SMARTS) is 1. The third-order valence-corrected chi connectivity index (χ3v) is 5.59. The molecule has 33 heavy (non-hydrogen) atoms. The SMILES string of the molecule is CC(C)CC(NC(=O)C(N)Cc1ccccc1)C(=O)N1CCCC1C(=O)NC(CO)C(=O)O. The van der Waals surface area contributed by atoms with E-state index < -0.39 is 54.5 Å². The van der Waals surface area contributed by atoms with Gasteiger partial charge in [0.25, 0.3) is 0 Å². The first-order valence-electron chi connectivity index (χ1n) is 11.2. The van der Waals surface area contributed by atoms with E-state index in [9.17, 15) is 24.3 Å². The number of nitrogens with zero attached hydrogens (tertiary/aromatic N) is 1. The summed E-state index contributed by atoms with van der Waals surface area (Å²) in [6, 6.07) is 5.31. The van der Waals surface area contributed by atoms with Gasteiger partial charge in [-0.3, -0.25) is 14.4 Å². The highest BCUT2D eigenvalue weighted by atomic mass is 16.4. The van der Waals surface area contributed by atoms with E-state index in [-0.39, 0.29) is 5.92 Å². The van der Waals surface area contributed by atoms with Crippen LogP contribution in [0.4, 0.5) is 0 Å². The zero-order valence-corrected chi connectivity index (χ0v) is 19.1. The predicted molar refractivity (Wildman–Crippen MR) is 121 cm³/mol. The van der Waals surface area contributed by atoms with Crippen LogP contribution < -0.4 is 16.4 Å². The molecule has 2 rings (SSSR count). The van der Waals surface area contributed by atoms with E-state index in [1.54, 1.807) is 0 Å². The van der Waals surface area contributed by atoms with Gasteiger partial charge >= 0.3 is 5.97 Å². The molecule has 3 amide bonds. The smallest absolute Gasteiger partial charge is 0.328 e. The molecule has 0 aliphatic carbocycles. The van der Waals surface area contributed by atoms with E-state index in [0.29, 0.717) is 32.2 Å². The van der Waals surface area contributed by atoms with Crippen LogP contribution in [0.3, 0.4) is 0 Å². The first kappa shape index (κ1) is 26.3. The van der Waals surface area contributed by atoms with Crippen molar-refractivity contribution in [3.63, 3.8) is 0 Å². The van der Waals surface area contributed by atoms with E-state index in [1.807, 2.05) is 44.2 Å². The number of benzene rings is 1. The second-order valence-electron chi connectivity index (χ2n) is 8.76. The third-order valence-electron chi connectivity index (χ3n) is 5.59.